The summed E-state index contributed by atoms with van der Waals surface area (Å²) in [6.07, 6.45) is 25.5. The van der Waals surface area contributed by atoms with Gasteiger partial charge in [-0.2, -0.15) is 0 Å². The number of aliphatic hydroxyl groups is 1. The van der Waals surface area contributed by atoms with Crippen molar-refractivity contribution in [2.75, 3.05) is 0 Å². The lowest BCUT2D eigenvalue weighted by Crippen LogP contribution is -1.81. The predicted octanol–water partition coefficient (Wildman–Crippen LogP) is 6.85. The average Bonchev–Trinajstić information content (AvgIpc) is 2.48. The maximum Gasteiger partial charge on any atom is 0.0886 e. The van der Waals surface area contributed by atoms with Crippen molar-refractivity contribution < 1.29 is 5.11 Å². The van der Waals surface area contributed by atoms with Crippen molar-refractivity contribution in [3.05, 3.63) is 55.2 Å². The molecule has 1 heteroatoms. The number of unbranched alkanes of at least 4 members (excludes halogenated alkanes) is 4. The minimum Gasteiger partial charge on any atom is -0.513 e. The van der Waals surface area contributed by atoms with E-state index in [9.17, 15) is 5.11 Å². The molecule has 0 heterocycles. The Morgan fingerprint density at radius 2 is 1.48 bits per heavy atom. The largest absolute Gasteiger partial charge is 0.513 e. The first-order valence-corrected chi connectivity index (χ1v) is 8.43. The van der Waals surface area contributed by atoms with E-state index in [0.717, 1.165) is 44.9 Å². The molecule has 0 aromatic carbocycles. The maximum absolute atomic E-state index is 9.64. The van der Waals surface area contributed by atoms with Crippen molar-refractivity contribution in [1.82, 2.24) is 0 Å². The Kier molecular flexibility index (Phi) is 15.8. The molecular weight excluding hydrogens is 256 g/mol. The van der Waals surface area contributed by atoms with Gasteiger partial charge >= 0.3 is 0 Å². The quantitative estimate of drug-likeness (QED) is 0.223. The molecule has 0 bridgehead atoms. The van der Waals surface area contributed by atoms with Gasteiger partial charge in [0.1, 0.15) is 0 Å². The molecule has 21 heavy (non-hydrogen) atoms. The van der Waals surface area contributed by atoms with E-state index in [1.54, 1.807) is 0 Å². The van der Waals surface area contributed by atoms with E-state index >= 15 is 0 Å². The Labute approximate surface area is 132 Å². The first-order valence-electron chi connectivity index (χ1n) is 8.43. The van der Waals surface area contributed by atoms with E-state index in [4.69, 9.17) is 0 Å². The summed E-state index contributed by atoms with van der Waals surface area (Å²) in [5.41, 5.74) is 0. The lowest BCUT2D eigenvalue weighted by molar-refractivity contribution is 0.379. The molecule has 0 unspecified atom stereocenters. The van der Waals surface area contributed by atoms with Crippen molar-refractivity contribution in [2.45, 2.75) is 71.1 Å². The van der Waals surface area contributed by atoms with Gasteiger partial charge in [0.25, 0.3) is 0 Å². The van der Waals surface area contributed by atoms with Gasteiger partial charge < -0.3 is 5.11 Å². The van der Waals surface area contributed by atoms with Crippen molar-refractivity contribution in [3.63, 3.8) is 0 Å². The molecule has 0 aliphatic heterocycles. The van der Waals surface area contributed by atoms with Crippen LogP contribution in [0.3, 0.4) is 0 Å². The summed E-state index contributed by atoms with van der Waals surface area (Å²) in [6.45, 7) is 6.00. The highest BCUT2D eigenvalue weighted by atomic mass is 16.3. The summed E-state index contributed by atoms with van der Waals surface area (Å²) in [6, 6.07) is 0. The van der Waals surface area contributed by atoms with E-state index in [1.165, 1.54) is 19.3 Å². The highest BCUT2D eigenvalue weighted by Crippen LogP contribution is 2.07. The average molecular weight is 289 g/mol. The summed E-state index contributed by atoms with van der Waals surface area (Å²) in [5.74, 6) is 0.538. The smallest absolute Gasteiger partial charge is 0.0886 e. The van der Waals surface area contributed by atoms with Crippen LogP contribution in [-0.4, -0.2) is 5.11 Å². The van der Waals surface area contributed by atoms with Crippen LogP contribution in [0.1, 0.15) is 71.1 Å². The highest BCUT2D eigenvalue weighted by molar-refractivity contribution is 5.01. The van der Waals surface area contributed by atoms with Gasteiger partial charge in [-0.1, -0.05) is 69.6 Å². The normalized spacial score (nSPS) is 13.1. The van der Waals surface area contributed by atoms with Crippen LogP contribution in [0, 0.1) is 6.92 Å². The molecule has 0 aliphatic rings. The van der Waals surface area contributed by atoms with Crippen LogP contribution < -0.4 is 0 Å². The minimum atomic E-state index is 0.538. The zero-order chi connectivity index (χ0) is 15.6. The number of allylic oxidation sites excluding steroid dienone is 8. The zero-order valence-corrected chi connectivity index (χ0v) is 13.8. The van der Waals surface area contributed by atoms with Crippen molar-refractivity contribution in [2.24, 2.45) is 0 Å². The van der Waals surface area contributed by atoms with Gasteiger partial charge in [0, 0.05) is 6.42 Å². The van der Waals surface area contributed by atoms with E-state index < -0.39 is 0 Å². The highest BCUT2D eigenvalue weighted by Gasteiger charge is 1.91. The fraction of sp³-hybridized carbons (Fsp3) is 0.550. The molecule has 0 saturated heterocycles. The van der Waals surface area contributed by atoms with Crippen LogP contribution in [0.4, 0.5) is 0 Å². The Hall–Kier alpha value is -1.24. The molecule has 0 atom stereocenters. The number of hydrogen-bond acceptors (Lipinski definition) is 1. The molecule has 0 aromatic heterocycles. The van der Waals surface area contributed by atoms with Crippen LogP contribution in [0.5, 0.6) is 0 Å². The van der Waals surface area contributed by atoms with Crippen LogP contribution in [-0.2, 0) is 0 Å². The van der Waals surface area contributed by atoms with E-state index in [0.29, 0.717) is 5.76 Å². The first-order chi connectivity index (χ1) is 10.3. The summed E-state index contributed by atoms with van der Waals surface area (Å²) in [5, 5.41) is 9.64. The second kappa shape index (κ2) is 16.8. The summed E-state index contributed by atoms with van der Waals surface area (Å²) >= 11 is 0. The SMILES string of the molecule is [CH2]CCC/C=C\C/C=C\C/C=C\C/C=C(/O)CCCCC. The fourth-order valence-corrected chi connectivity index (χ4v) is 1.88. The molecule has 1 radical (unpaired) electrons. The fourth-order valence-electron chi connectivity index (χ4n) is 1.88. The van der Waals surface area contributed by atoms with Crippen LogP contribution >= 0.6 is 0 Å². The molecular formula is C20H33O. The van der Waals surface area contributed by atoms with Gasteiger partial charge in [-0.25, -0.2) is 0 Å². The first kappa shape index (κ1) is 19.8. The second-order valence-corrected chi connectivity index (χ2v) is 5.27. The standard InChI is InChI=1S/C20H33O/c1-3-5-7-8-9-10-11-12-13-14-15-17-19-20(21)18-16-6-4-2/h8-9,11-12,14-15,19,21H,1,3-7,10,13,16-18H2,2H3/b9-8-,12-11-,15-14-,20-19+. The molecule has 0 amide bonds. The van der Waals surface area contributed by atoms with E-state index in [-0.39, 0.29) is 0 Å². The third kappa shape index (κ3) is 16.7. The third-order valence-corrected chi connectivity index (χ3v) is 3.19. The summed E-state index contributed by atoms with van der Waals surface area (Å²) in [4.78, 5) is 0. The Morgan fingerprint density at radius 3 is 2.10 bits per heavy atom. The van der Waals surface area contributed by atoms with Gasteiger partial charge in [0.05, 0.1) is 5.76 Å². The Bertz CT molecular complexity index is 321. The van der Waals surface area contributed by atoms with Crippen molar-refractivity contribution in [1.29, 1.82) is 0 Å². The lowest BCUT2D eigenvalue weighted by atomic mass is 10.1. The number of hydrogen-bond donors (Lipinski definition) is 1. The van der Waals surface area contributed by atoms with Gasteiger partial charge in [-0.3, -0.25) is 0 Å². The minimum absolute atomic E-state index is 0.538. The molecule has 0 saturated carbocycles. The van der Waals surface area contributed by atoms with Gasteiger partial charge in [0.2, 0.25) is 0 Å². The second-order valence-electron chi connectivity index (χ2n) is 5.27. The molecule has 0 aromatic rings. The summed E-state index contributed by atoms with van der Waals surface area (Å²) in [7, 11) is 0. The van der Waals surface area contributed by atoms with Crippen LogP contribution in [0.25, 0.3) is 0 Å². The summed E-state index contributed by atoms with van der Waals surface area (Å²) < 4.78 is 0. The molecule has 1 N–H and O–H groups in total. The van der Waals surface area contributed by atoms with Crippen molar-refractivity contribution >= 4 is 0 Å². The number of aliphatic hydroxyl groups excluding tert-OH is 1. The lowest BCUT2D eigenvalue weighted by Gasteiger charge is -1.97. The monoisotopic (exact) mass is 289 g/mol. The van der Waals surface area contributed by atoms with Crippen LogP contribution in [0.2, 0.25) is 0 Å². The molecule has 1 nitrogen and oxygen atoms in total. The van der Waals surface area contributed by atoms with E-state index in [1.807, 2.05) is 6.08 Å². The van der Waals surface area contributed by atoms with Gasteiger partial charge in [-0.05, 0) is 44.6 Å². The third-order valence-electron chi connectivity index (χ3n) is 3.19. The Balaban J connectivity index is 3.54. The maximum atomic E-state index is 9.64. The molecule has 0 aliphatic carbocycles. The van der Waals surface area contributed by atoms with Crippen molar-refractivity contribution in [3.8, 4) is 0 Å². The van der Waals surface area contributed by atoms with Gasteiger partial charge in [0.15, 0.2) is 0 Å². The molecule has 0 fully saturated rings. The molecule has 0 rings (SSSR count). The van der Waals surface area contributed by atoms with Crippen LogP contribution in [0.15, 0.2) is 48.3 Å². The molecule has 119 valence electrons. The molecule has 0 spiro atoms. The predicted molar refractivity (Wildman–Crippen MR) is 95.3 cm³/mol. The zero-order valence-electron chi connectivity index (χ0n) is 13.8. The van der Waals surface area contributed by atoms with Gasteiger partial charge in [-0.15, -0.1) is 0 Å². The topological polar surface area (TPSA) is 20.2 Å². The Morgan fingerprint density at radius 1 is 0.857 bits per heavy atom. The van der Waals surface area contributed by atoms with E-state index in [2.05, 4.69) is 50.3 Å². The number of rotatable bonds is 13.